The number of amides is 1. The largest absolute Gasteiger partial charge is 0.755 e. The summed E-state index contributed by atoms with van der Waals surface area (Å²) in [7, 11) is 2.43. The van der Waals surface area contributed by atoms with Gasteiger partial charge >= 0.3 is 7.12 Å². The topological polar surface area (TPSA) is 123 Å². The molecule has 1 N–H and O–H groups in total. The minimum Gasteiger partial charge on any atom is -0.755 e. The molecule has 2 fully saturated rings. The lowest BCUT2D eigenvalue weighted by Crippen LogP contribution is -2.41. The Morgan fingerprint density at radius 3 is 2.38 bits per heavy atom. The van der Waals surface area contributed by atoms with Crippen molar-refractivity contribution in [1.29, 1.82) is 0 Å². The third kappa shape index (κ3) is 6.67. The highest BCUT2D eigenvalue weighted by molar-refractivity contribution is 7.80. The minimum absolute atomic E-state index is 0.0239. The Hall–Kier alpha value is -3.59. The van der Waals surface area contributed by atoms with E-state index in [0.29, 0.717) is 27.8 Å². The first-order chi connectivity index (χ1) is 22.8. The van der Waals surface area contributed by atoms with Gasteiger partial charge in [-0.3, -0.25) is 13.3 Å². The number of nitrogens with zero attached hydrogens (tertiary/aromatic N) is 1. The molecule has 4 aromatic rings. The van der Waals surface area contributed by atoms with Crippen molar-refractivity contribution in [2.45, 2.75) is 70.8 Å². The molecular formula is C35H39BFN2O8S-. The van der Waals surface area contributed by atoms with Crippen LogP contribution >= 0.6 is 0 Å². The summed E-state index contributed by atoms with van der Waals surface area (Å²) < 4.78 is 70.6. The highest BCUT2D eigenvalue weighted by atomic mass is 32.2. The summed E-state index contributed by atoms with van der Waals surface area (Å²) in [5.74, 6) is -0.379. The molecule has 3 aromatic carbocycles. The zero-order valence-electron chi connectivity index (χ0n) is 27.9. The molecule has 1 unspecified atom stereocenters. The number of carbonyl (C=O) groups excluding carboxylic acids is 1. The van der Waals surface area contributed by atoms with Crippen molar-refractivity contribution < 1.29 is 41.1 Å². The van der Waals surface area contributed by atoms with Gasteiger partial charge in [-0.1, -0.05) is 18.2 Å². The van der Waals surface area contributed by atoms with Gasteiger partial charge < -0.3 is 33.1 Å². The summed E-state index contributed by atoms with van der Waals surface area (Å²) in [4.78, 5) is 13.1. The molecule has 1 aromatic heterocycles. The maximum atomic E-state index is 13.7. The highest BCUT2D eigenvalue weighted by Gasteiger charge is 2.52. The monoisotopic (exact) mass is 677 g/mol. The van der Waals surface area contributed by atoms with Gasteiger partial charge in [0.05, 0.1) is 35.6 Å². The van der Waals surface area contributed by atoms with Crippen LogP contribution in [0.25, 0.3) is 22.3 Å². The number of halogens is 1. The van der Waals surface area contributed by atoms with Crippen molar-refractivity contribution >= 4 is 46.4 Å². The van der Waals surface area contributed by atoms with Gasteiger partial charge in [-0.2, -0.15) is 0 Å². The van der Waals surface area contributed by atoms with Crippen molar-refractivity contribution in [1.82, 2.24) is 5.32 Å². The lowest BCUT2D eigenvalue weighted by molar-refractivity contribution is -0.0389. The number of anilines is 1. The third-order valence-corrected chi connectivity index (χ3v) is 10.0. The van der Waals surface area contributed by atoms with E-state index in [2.05, 4.69) is 5.32 Å². The molecule has 1 saturated heterocycles. The molecule has 0 radical (unpaired) electrons. The van der Waals surface area contributed by atoms with Gasteiger partial charge in [0.25, 0.3) is 5.91 Å². The molecule has 1 aliphatic heterocycles. The molecule has 10 nitrogen and oxygen atoms in total. The maximum absolute atomic E-state index is 13.7. The molecular weight excluding hydrogens is 638 g/mol. The van der Waals surface area contributed by atoms with E-state index >= 15 is 0 Å². The Balaban J connectivity index is 1.41. The van der Waals surface area contributed by atoms with E-state index in [4.69, 9.17) is 23.2 Å². The molecule has 2 heterocycles. The summed E-state index contributed by atoms with van der Waals surface area (Å²) in [6.45, 7) is 8.23. The number of benzene rings is 3. The van der Waals surface area contributed by atoms with Crippen LogP contribution < -0.4 is 15.1 Å². The van der Waals surface area contributed by atoms with Crippen LogP contribution in [-0.4, -0.2) is 53.9 Å². The summed E-state index contributed by atoms with van der Waals surface area (Å²) in [6, 6.07) is 14.9. The van der Waals surface area contributed by atoms with Crippen molar-refractivity contribution in [3.63, 3.8) is 0 Å². The smallest absolute Gasteiger partial charge is 0.495 e. The third-order valence-electron chi connectivity index (χ3n) is 9.36. The zero-order valence-corrected chi connectivity index (χ0v) is 28.7. The molecule has 48 heavy (non-hydrogen) atoms. The van der Waals surface area contributed by atoms with Gasteiger partial charge in [0.15, 0.2) is 0 Å². The predicted molar refractivity (Wildman–Crippen MR) is 181 cm³/mol. The van der Waals surface area contributed by atoms with Crippen LogP contribution in [0.3, 0.4) is 0 Å². The number of hydrogen-bond acceptors (Lipinski definition) is 8. The second-order valence-corrected chi connectivity index (χ2v) is 14.1. The Bertz CT molecular complexity index is 1840. The van der Waals surface area contributed by atoms with Crippen LogP contribution in [0.15, 0.2) is 59.0 Å². The number of rotatable bonds is 12. The second kappa shape index (κ2) is 13.4. The number of fused-ring (bicyclic) bond motifs is 1. The molecule has 1 atom stereocenters. The van der Waals surface area contributed by atoms with Crippen LogP contribution in [0.2, 0.25) is 0 Å². The van der Waals surface area contributed by atoms with E-state index in [1.807, 2.05) is 52.0 Å². The first-order valence-electron chi connectivity index (χ1n) is 15.8. The van der Waals surface area contributed by atoms with Crippen molar-refractivity contribution in [2.24, 2.45) is 0 Å². The zero-order chi connectivity index (χ0) is 34.4. The number of methoxy groups -OCH3 is 1. The number of carbonyl (C=O) groups is 1. The Kier molecular flexibility index (Phi) is 9.55. The van der Waals surface area contributed by atoms with Crippen molar-refractivity contribution in [3.05, 3.63) is 82.7 Å². The van der Waals surface area contributed by atoms with E-state index in [1.54, 1.807) is 25.3 Å². The van der Waals surface area contributed by atoms with E-state index in [1.165, 1.54) is 23.5 Å². The van der Waals surface area contributed by atoms with Crippen LogP contribution in [0.1, 0.15) is 73.5 Å². The van der Waals surface area contributed by atoms with Gasteiger partial charge in [-0.05, 0) is 98.9 Å². The van der Waals surface area contributed by atoms with E-state index < -0.39 is 35.4 Å². The second-order valence-electron chi connectivity index (χ2n) is 13.2. The molecule has 0 bridgehead atoms. The van der Waals surface area contributed by atoms with Gasteiger partial charge in [0, 0.05) is 42.4 Å². The Morgan fingerprint density at radius 1 is 1.08 bits per heavy atom. The molecule has 1 aliphatic carbocycles. The van der Waals surface area contributed by atoms with Crippen LogP contribution in [0, 0.1) is 5.82 Å². The average Bonchev–Trinajstić information content (AvgIpc) is 3.78. The molecule has 254 valence electrons. The predicted octanol–water partition coefficient (Wildman–Crippen LogP) is 5.70. The van der Waals surface area contributed by atoms with Gasteiger partial charge in [-0.15, -0.1) is 0 Å². The summed E-state index contributed by atoms with van der Waals surface area (Å²) in [5, 5.41) is 3.23. The van der Waals surface area contributed by atoms with Gasteiger partial charge in [-0.25, -0.2) is 4.39 Å². The lowest BCUT2D eigenvalue weighted by Gasteiger charge is -2.32. The number of hydrogen-bond donors (Lipinski definition) is 1. The van der Waals surface area contributed by atoms with Gasteiger partial charge in [0.2, 0.25) is 0 Å². The van der Waals surface area contributed by atoms with Crippen molar-refractivity contribution in [3.8, 4) is 11.3 Å². The molecule has 2 aliphatic rings. The number of ether oxygens (including phenoxy) is 2. The van der Waals surface area contributed by atoms with Crippen LogP contribution in [0.4, 0.5) is 10.1 Å². The minimum atomic E-state index is -2.67. The molecule has 6 rings (SSSR count). The number of furan rings is 1. The van der Waals surface area contributed by atoms with E-state index in [-0.39, 0.29) is 37.5 Å². The molecule has 13 heteroatoms. The van der Waals surface area contributed by atoms with Crippen LogP contribution in [-0.2, 0) is 43.2 Å². The summed E-state index contributed by atoms with van der Waals surface area (Å²) >= 11 is -2.67. The Morgan fingerprint density at radius 2 is 1.77 bits per heavy atom. The number of nitrogens with one attached hydrogen (secondary N) is 1. The standard InChI is InChI=1S/C35H40BFN2O8S/c1-34(2)35(3,4)47-36(46-34)28-14-7-21(15-24(28)19-44-20-43-6)18-39(48(41)42)29-17-30-27(16-26(29)22-8-9-22)31(33(40)38-5)32(45-30)23-10-12-25(37)13-11-23/h7,10-17,22H,8-9,18-20H2,1-6H3,(H,38,40)(H,41,42)/p-1. The average molecular weight is 678 g/mol. The normalized spacial score (nSPS) is 17.5. The highest BCUT2D eigenvalue weighted by Crippen LogP contribution is 2.48. The lowest BCUT2D eigenvalue weighted by atomic mass is 9.75. The maximum Gasteiger partial charge on any atom is 0.495 e. The van der Waals surface area contributed by atoms with E-state index in [0.717, 1.165) is 35.0 Å². The Labute approximate surface area is 282 Å². The van der Waals surface area contributed by atoms with Crippen molar-refractivity contribution in [2.75, 3.05) is 25.3 Å². The van der Waals surface area contributed by atoms with Crippen LogP contribution in [0.5, 0.6) is 0 Å². The SMILES string of the molecule is CNC(=O)c1c(-c2ccc(F)cc2)oc2cc(N(Cc3ccc(B4OC(C)(C)C(C)(C)O4)c(COCOC)c3)S(=O)[O-])c(C3CC3)cc12. The first kappa shape index (κ1) is 34.3. The summed E-state index contributed by atoms with van der Waals surface area (Å²) in [6.07, 6.45) is 1.78. The van der Waals surface area contributed by atoms with Gasteiger partial charge in [0.1, 0.15) is 24.0 Å². The quantitative estimate of drug-likeness (QED) is 0.0878. The molecule has 1 amide bonds. The van der Waals surface area contributed by atoms with E-state index in [9.17, 15) is 17.9 Å². The molecule has 0 spiro atoms. The summed E-state index contributed by atoms with van der Waals surface area (Å²) in [5.41, 5.74) is 3.63. The fourth-order valence-corrected chi connectivity index (χ4v) is 6.52. The first-order valence-corrected chi connectivity index (χ1v) is 16.9. The fourth-order valence-electron chi connectivity index (χ4n) is 5.94. The fraction of sp³-hybridized carbons (Fsp3) is 0.400. The molecule has 1 saturated carbocycles.